The molecule has 2 heteroatoms. The number of rotatable bonds is 1. The van der Waals surface area contributed by atoms with Gasteiger partial charge in [-0.05, 0) is 61.8 Å². The summed E-state index contributed by atoms with van der Waals surface area (Å²) in [7, 11) is 0. The maximum absolute atomic E-state index is 11.4. The quantitative estimate of drug-likeness (QED) is 0.749. The van der Waals surface area contributed by atoms with Gasteiger partial charge in [-0.25, -0.2) is 0 Å². The summed E-state index contributed by atoms with van der Waals surface area (Å²) in [6.07, 6.45) is 4.91. The lowest BCUT2D eigenvalue weighted by atomic mass is 9.71. The molecule has 0 saturated carbocycles. The van der Waals surface area contributed by atoms with Gasteiger partial charge in [0.2, 0.25) is 0 Å². The molecular formula is C15H19NO. The SMILES string of the molecule is CC(=O)c1ccc2c(c1)CC1(CCNC1)CC2. The topological polar surface area (TPSA) is 29.1 Å². The molecule has 0 aromatic heterocycles. The highest BCUT2D eigenvalue weighted by Crippen LogP contribution is 2.40. The Labute approximate surface area is 102 Å². The monoisotopic (exact) mass is 229 g/mol. The predicted molar refractivity (Wildman–Crippen MR) is 68.4 cm³/mol. The summed E-state index contributed by atoms with van der Waals surface area (Å²) in [6.45, 7) is 3.95. The van der Waals surface area contributed by atoms with E-state index < -0.39 is 0 Å². The molecule has 90 valence electrons. The second-order valence-electron chi connectivity index (χ2n) is 5.64. The zero-order valence-corrected chi connectivity index (χ0v) is 10.4. The van der Waals surface area contributed by atoms with E-state index in [4.69, 9.17) is 0 Å². The third-order valence-electron chi connectivity index (χ3n) is 4.44. The van der Waals surface area contributed by atoms with E-state index >= 15 is 0 Å². The van der Waals surface area contributed by atoms with Crippen LogP contribution in [0.4, 0.5) is 0 Å². The molecular weight excluding hydrogens is 210 g/mol. The summed E-state index contributed by atoms with van der Waals surface area (Å²) < 4.78 is 0. The average molecular weight is 229 g/mol. The van der Waals surface area contributed by atoms with Crippen LogP contribution in [0.2, 0.25) is 0 Å². The van der Waals surface area contributed by atoms with E-state index in [0.717, 1.165) is 25.1 Å². The first-order chi connectivity index (χ1) is 8.19. The summed E-state index contributed by atoms with van der Waals surface area (Å²) in [4.78, 5) is 11.4. The molecule has 1 atom stereocenters. The molecule has 2 nitrogen and oxygen atoms in total. The minimum absolute atomic E-state index is 0.178. The fraction of sp³-hybridized carbons (Fsp3) is 0.533. The smallest absolute Gasteiger partial charge is 0.159 e. The predicted octanol–water partition coefficient (Wildman–Crippen LogP) is 2.36. The van der Waals surface area contributed by atoms with E-state index in [1.165, 1.54) is 30.4 Å². The highest BCUT2D eigenvalue weighted by Gasteiger charge is 2.36. The molecule has 1 unspecified atom stereocenters. The molecule has 1 aromatic rings. The fourth-order valence-corrected chi connectivity index (χ4v) is 3.31. The molecule has 1 N–H and O–H groups in total. The van der Waals surface area contributed by atoms with Gasteiger partial charge in [-0.2, -0.15) is 0 Å². The molecule has 0 radical (unpaired) electrons. The van der Waals surface area contributed by atoms with E-state index in [-0.39, 0.29) is 5.78 Å². The van der Waals surface area contributed by atoms with Gasteiger partial charge in [-0.3, -0.25) is 4.79 Å². The Bertz CT molecular complexity index is 458. The van der Waals surface area contributed by atoms with Crippen LogP contribution in [0.5, 0.6) is 0 Å². The van der Waals surface area contributed by atoms with Crippen molar-refractivity contribution >= 4 is 5.78 Å². The van der Waals surface area contributed by atoms with Crippen molar-refractivity contribution in [1.82, 2.24) is 5.32 Å². The summed E-state index contributed by atoms with van der Waals surface area (Å²) in [5.74, 6) is 0.178. The average Bonchev–Trinajstić information content (AvgIpc) is 2.76. The van der Waals surface area contributed by atoms with Gasteiger partial charge in [0.1, 0.15) is 0 Å². The van der Waals surface area contributed by atoms with Crippen LogP contribution < -0.4 is 5.32 Å². The second kappa shape index (κ2) is 3.95. The van der Waals surface area contributed by atoms with E-state index in [9.17, 15) is 4.79 Å². The summed E-state index contributed by atoms with van der Waals surface area (Å²) in [5.41, 5.74) is 4.20. The van der Waals surface area contributed by atoms with E-state index in [0.29, 0.717) is 5.41 Å². The van der Waals surface area contributed by atoms with Crippen molar-refractivity contribution in [2.24, 2.45) is 5.41 Å². The molecule has 1 aliphatic heterocycles. The van der Waals surface area contributed by atoms with Crippen molar-refractivity contribution in [2.45, 2.75) is 32.6 Å². The zero-order valence-electron chi connectivity index (χ0n) is 10.4. The Morgan fingerprint density at radius 2 is 2.18 bits per heavy atom. The van der Waals surface area contributed by atoms with Crippen LogP contribution in [0.15, 0.2) is 18.2 Å². The highest BCUT2D eigenvalue weighted by molar-refractivity contribution is 5.94. The fourth-order valence-electron chi connectivity index (χ4n) is 3.31. The molecule has 0 bridgehead atoms. The van der Waals surface area contributed by atoms with Gasteiger partial charge in [-0.15, -0.1) is 0 Å². The van der Waals surface area contributed by atoms with Crippen molar-refractivity contribution in [3.8, 4) is 0 Å². The van der Waals surface area contributed by atoms with Crippen LogP contribution in [0.25, 0.3) is 0 Å². The summed E-state index contributed by atoms with van der Waals surface area (Å²) in [5, 5.41) is 3.48. The largest absolute Gasteiger partial charge is 0.316 e. The van der Waals surface area contributed by atoms with Crippen LogP contribution >= 0.6 is 0 Å². The standard InChI is InChI=1S/C15H19NO/c1-11(17)13-3-2-12-4-5-15(6-7-16-10-15)9-14(12)8-13/h2-3,8,16H,4-7,9-10H2,1H3. The molecule has 1 saturated heterocycles. The maximum atomic E-state index is 11.4. The summed E-state index contributed by atoms with van der Waals surface area (Å²) in [6, 6.07) is 6.25. The van der Waals surface area contributed by atoms with E-state index in [1.807, 2.05) is 6.07 Å². The molecule has 1 aliphatic carbocycles. The minimum Gasteiger partial charge on any atom is -0.316 e. The third-order valence-corrected chi connectivity index (χ3v) is 4.44. The Balaban J connectivity index is 1.94. The van der Waals surface area contributed by atoms with Crippen LogP contribution in [-0.4, -0.2) is 18.9 Å². The molecule has 17 heavy (non-hydrogen) atoms. The number of carbonyl (C=O) groups excluding carboxylic acids is 1. The van der Waals surface area contributed by atoms with Gasteiger partial charge in [0.15, 0.2) is 5.78 Å². The second-order valence-corrected chi connectivity index (χ2v) is 5.64. The van der Waals surface area contributed by atoms with Crippen LogP contribution in [0.3, 0.4) is 0 Å². The molecule has 1 spiro atoms. The normalized spacial score (nSPS) is 27.1. The maximum Gasteiger partial charge on any atom is 0.159 e. The lowest BCUT2D eigenvalue weighted by molar-refractivity contribution is 0.101. The number of carbonyl (C=O) groups is 1. The van der Waals surface area contributed by atoms with Gasteiger partial charge < -0.3 is 5.32 Å². The van der Waals surface area contributed by atoms with Crippen molar-refractivity contribution in [3.63, 3.8) is 0 Å². The Kier molecular flexibility index (Phi) is 2.55. The Hall–Kier alpha value is -1.15. The van der Waals surface area contributed by atoms with Crippen molar-refractivity contribution in [1.29, 1.82) is 0 Å². The molecule has 1 heterocycles. The van der Waals surface area contributed by atoms with Gasteiger partial charge >= 0.3 is 0 Å². The van der Waals surface area contributed by atoms with Crippen LogP contribution in [-0.2, 0) is 12.8 Å². The molecule has 0 amide bonds. The van der Waals surface area contributed by atoms with Crippen LogP contribution in [0, 0.1) is 5.41 Å². The van der Waals surface area contributed by atoms with Crippen LogP contribution in [0.1, 0.15) is 41.3 Å². The third kappa shape index (κ3) is 1.91. The number of aryl methyl sites for hydroxylation is 1. The molecule has 1 fully saturated rings. The lowest BCUT2D eigenvalue weighted by Gasteiger charge is -2.34. The first-order valence-electron chi connectivity index (χ1n) is 6.52. The number of fused-ring (bicyclic) bond motifs is 1. The number of ketones is 1. The number of nitrogens with one attached hydrogen (secondary N) is 1. The Morgan fingerprint density at radius 3 is 2.88 bits per heavy atom. The number of benzene rings is 1. The summed E-state index contributed by atoms with van der Waals surface area (Å²) >= 11 is 0. The number of hydrogen-bond donors (Lipinski definition) is 1. The number of Topliss-reactive ketones (excluding diaryl/α,β-unsaturated/α-hetero) is 1. The number of hydrogen-bond acceptors (Lipinski definition) is 2. The van der Waals surface area contributed by atoms with E-state index in [2.05, 4.69) is 17.4 Å². The van der Waals surface area contributed by atoms with Crippen molar-refractivity contribution in [2.75, 3.05) is 13.1 Å². The zero-order chi connectivity index (χ0) is 11.9. The molecule has 1 aromatic carbocycles. The van der Waals surface area contributed by atoms with Crippen molar-refractivity contribution in [3.05, 3.63) is 34.9 Å². The minimum atomic E-state index is 0.178. The van der Waals surface area contributed by atoms with Gasteiger partial charge in [0, 0.05) is 12.1 Å². The van der Waals surface area contributed by atoms with Gasteiger partial charge in [0.05, 0.1) is 0 Å². The highest BCUT2D eigenvalue weighted by atomic mass is 16.1. The first kappa shape index (κ1) is 11.0. The van der Waals surface area contributed by atoms with Gasteiger partial charge in [0.25, 0.3) is 0 Å². The molecule has 3 rings (SSSR count). The van der Waals surface area contributed by atoms with Crippen molar-refractivity contribution < 1.29 is 4.79 Å². The first-order valence-corrected chi connectivity index (χ1v) is 6.52. The van der Waals surface area contributed by atoms with E-state index in [1.54, 1.807) is 6.92 Å². The molecule has 2 aliphatic rings. The Morgan fingerprint density at radius 1 is 1.29 bits per heavy atom. The van der Waals surface area contributed by atoms with Gasteiger partial charge in [-0.1, -0.05) is 12.1 Å². The lowest BCUT2D eigenvalue weighted by Crippen LogP contribution is -2.31.